The number of rotatable bonds is 4. The molecule has 2 heterocycles. The van der Waals surface area contributed by atoms with Gasteiger partial charge in [0.25, 0.3) is 0 Å². The van der Waals surface area contributed by atoms with Crippen LogP contribution in [-0.2, 0) is 4.79 Å². The fraction of sp³-hybridized carbons (Fsp3) is 0.526. The summed E-state index contributed by atoms with van der Waals surface area (Å²) in [5.74, 6) is 0.889. The average Bonchev–Trinajstić information content (AvgIpc) is 3.04. The number of nitrogens with zero attached hydrogens (tertiary/aromatic N) is 1. The van der Waals surface area contributed by atoms with Gasteiger partial charge in [0.2, 0.25) is 5.91 Å². The van der Waals surface area contributed by atoms with Crippen molar-refractivity contribution < 1.29 is 4.79 Å². The lowest BCUT2D eigenvalue weighted by Gasteiger charge is -2.34. The molecule has 3 N–H and O–H groups in total. The number of aromatic amines is 1. The maximum absolute atomic E-state index is 12.5. The van der Waals surface area contributed by atoms with E-state index in [1.807, 2.05) is 4.90 Å². The number of H-pyrrole nitrogens is 1. The van der Waals surface area contributed by atoms with Gasteiger partial charge in [-0.3, -0.25) is 4.79 Å². The average molecular weight is 350 g/mol. The number of nitrogens with two attached hydrogens (primary N) is 1. The molecule has 1 aliphatic rings. The minimum absolute atomic E-state index is 0. The van der Waals surface area contributed by atoms with Crippen molar-refractivity contribution in [2.75, 3.05) is 13.1 Å². The topological polar surface area (TPSA) is 62.1 Å². The molecule has 4 nitrogen and oxygen atoms in total. The first kappa shape index (κ1) is 18.8. The van der Waals surface area contributed by atoms with E-state index in [-0.39, 0.29) is 30.3 Å². The second-order valence-electron chi connectivity index (χ2n) is 6.80. The number of halogens is 1. The van der Waals surface area contributed by atoms with Gasteiger partial charge < -0.3 is 15.6 Å². The Kier molecular flexibility index (Phi) is 6.30. The molecule has 24 heavy (non-hydrogen) atoms. The number of hydrogen-bond acceptors (Lipinski definition) is 2. The van der Waals surface area contributed by atoms with Gasteiger partial charge in [0.1, 0.15) is 0 Å². The summed E-state index contributed by atoms with van der Waals surface area (Å²) in [4.78, 5) is 17.8. The van der Waals surface area contributed by atoms with Crippen molar-refractivity contribution in [2.45, 2.75) is 45.1 Å². The molecular weight excluding hydrogens is 322 g/mol. The molecule has 0 aliphatic carbocycles. The molecule has 2 atom stereocenters. The molecule has 5 heteroatoms. The number of carbonyl (C=O) groups excluding carboxylic acids is 1. The number of para-hydroxylation sites is 1. The number of hydrogen-bond donors (Lipinski definition) is 2. The molecule has 1 aromatic heterocycles. The quantitative estimate of drug-likeness (QED) is 0.884. The fourth-order valence-electron chi connectivity index (χ4n) is 3.55. The van der Waals surface area contributed by atoms with Crippen molar-refractivity contribution in [3.05, 3.63) is 36.0 Å². The second kappa shape index (κ2) is 8.04. The molecule has 0 bridgehead atoms. The second-order valence-corrected chi connectivity index (χ2v) is 6.80. The Morgan fingerprint density at radius 1 is 1.33 bits per heavy atom. The Hall–Kier alpha value is -1.52. The van der Waals surface area contributed by atoms with Crippen LogP contribution in [0.5, 0.6) is 0 Å². The SMILES string of the molecule is CCC(C)C(N)C(=O)N1CCC(c2c[nH]c3ccccc23)CC1.Cl. The Bertz CT molecular complexity index is 676. The number of benzene rings is 1. The molecule has 0 radical (unpaired) electrons. The summed E-state index contributed by atoms with van der Waals surface area (Å²) in [6, 6.07) is 8.08. The van der Waals surface area contributed by atoms with E-state index in [4.69, 9.17) is 5.73 Å². The van der Waals surface area contributed by atoms with Crippen LogP contribution in [0.25, 0.3) is 10.9 Å². The Balaban J connectivity index is 0.00000208. The highest BCUT2D eigenvalue weighted by Crippen LogP contribution is 2.33. The third-order valence-electron chi connectivity index (χ3n) is 5.41. The van der Waals surface area contributed by atoms with E-state index in [1.54, 1.807) is 0 Å². The minimum Gasteiger partial charge on any atom is -0.361 e. The first-order chi connectivity index (χ1) is 11.1. The number of piperidine rings is 1. The van der Waals surface area contributed by atoms with Gasteiger partial charge in [-0.25, -0.2) is 0 Å². The van der Waals surface area contributed by atoms with Crippen LogP contribution in [-0.4, -0.2) is 34.9 Å². The first-order valence-electron chi connectivity index (χ1n) is 8.72. The summed E-state index contributed by atoms with van der Waals surface area (Å²) >= 11 is 0. The van der Waals surface area contributed by atoms with Crippen molar-refractivity contribution in [1.29, 1.82) is 0 Å². The van der Waals surface area contributed by atoms with E-state index in [2.05, 4.69) is 49.3 Å². The highest BCUT2D eigenvalue weighted by molar-refractivity contribution is 5.85. The number of carbonyl (C=O) groups is 1. The van der Waals surface area contributed by atoms with Crippen molar-refractivity contribution in [3.63, 3.8) is 0 Å². The van der Waals surface area contributed by atoms with Gasteiger partial charge in [-0.15, -0.1) is 12.4 Å². The van der Waals surface area contributed by atoms with Crippen LogP contribution in [0.1, 0.15) is 44.6 Å². The molecule has 1 fully saturated rings. The van der Waals surface area contributed by atoms with Crippen molar-refractivity contribution in [1.82, 2.24) is 9.88 Å². The number of nitrogens with one attached hydrogen (secondary N) is 1. The molecular formula is C19H28ClN3O. The van der Waals surface area contributed by atoms with E-state index >= 15 is 0 Å². The molecule has 2 unspecified atom stereocenters. The number of amides is 1. The standard InChI is InChI=1S/C19H27N3O.ClH/c1-3-13(2)18(20)19(23)22-10-8-14(9-11-22)16-12-21-17-7-5-4-6-15(16)17;/h4-7,12-14,18,21H,3,8-11,20H2,1-2H3;1H. The Morgan fingerprint density at radius 3 is 2.67 bits per heavy atom. The zero-order valence-electron chi connectivity index (χ0n) is 14.5. The van der Waals surface area contributed by atoms with E-state index in [1.165, 1.54) is 16.5 Å². The third kappa shape index (κ3) is 3.60. The van der Waals surface area contributed by atoms with Gasteiger partial charge in [-0.1, -0.05) is 38.5 Å². The van der Waals surface area contributed by atoms with Gasteiger partial charge in [0.05, 0.1) is 6.04 Å². The Labute approximate surface area is 150 Å². The van der Waals surface area contributed by atoms with Crippen LogP contribution in [0.3, 0.4) is 0 Å². The van der Waals surface area contributed by atoms with E-state index in [9.17, 15) is 4.79 Å². The van der Waals surface area contributed by atoms with Crippen LogP contribution in [0.2, 0.25) is 0 Å². The molecule has 0 spiro atoms. The summed E-state index contributed by atoms with van der Waals surface area (Å²) < 4.78 is 0. The molecule has 3 rings (SSSR count). The molecule has 1 saturated heterocycles. The first-order valence-corrected chi connectivity index (χ1v) is 8.72. The number of fused-ring (bicyclic) bond motifs is 1. The molecule has 0 saturated carbocycles. The summed E-state index contributed by atoms with van der Waals surface area (Å²) in [6.45, 7) is 5.77. The lowest BCUT2D eigenvalue weighted by atomic mass is 9.88. The molecule has 1 amide bonds. The molecule has 1 aliphatic heterocycles. The zero-order chi connectivity index (χ0) is 16.4. The van der Waals surface area contributed by atoms with Crippen molar-refractivity contribution in [2.24, 2.45) is 11.7 Å². The van der Waals surface area contributed by atoms with Gasteiger partial charge in [0, 0.05) is 30.2 Å². The van der Waals surface area contributed by atoms with Crippen LogP contribution >= 0.6 is 12.4 Å². The zero-order valence-corrected chi connectivity index (χ0v) is 15.3. The third-order valence-corrected chi connectivity index (χ3v) is 5.41. The smallest absolute Gasteiger partial charge is 0.239 e. The normalized spacial score (nSPS) is 18.2. The van der Waals surface area contributed by atoms with Gasteiger partial charge in [-0.2, -0.15) is 0 Å². The van der Waals surface area contributed by atoms with Crippen LogP contribution in [0, 0.1) is 5.92 Å². The van der Waals surface area contributed by atoms with Crippen molar-refractivity contribution in [3.8, 4) is 0 Å². The van der Waals surface area contributed by atoms with E-state index in [0.717, 1.165) is 32.4 Å². The Morgan fingerprint density at radius 2 is 2.00 bits per heavy atom. The summed E-state index contributed by atoms with van der Waals surface area (Å²) in [5.41, 5.74) is 8.69. The van der Waals surface area contributed by atoms with E-state index in [0.29, 0.717) is 5.92 Å². The highest BCUT2D eigenvalue weighted by Gasteiger charge is 2.29. The van der Waals surface area contributed by atoms with Crippen LogP contribution in [0.15, 0.2) is 30.5 Å². The molecule has 132 valence electrons. The minimum atomic E-state index is -0.357. The highest BCUT2D eigenvalue weighted by atomic mass is 35.5. The maximum atomic E-state index is 12.5. The van der Waals surface area contributed by atoms with Gasteiger partial charge in [-0.05, 0) is 36.3 Å². The monoisotopic (exact) mass is 349 g/mol. The predicted octanol–water partition coefficient (Wildman–Crippen LogP) is 3.67. The van der Waals surface area contributed by atoms with Crippen LogP contribution < -0.4 is 5.73 Å². The largest absolute Gasteiger partial charge is 0.361 e. The molecule has 1 aromatic carbocycles. The summed E-state index contributed by atoms with van der Waals surface area (Å²) in [7, 11) is 0. The predicted molar refractivity (Wildman–Crippen MR) is 102 cm³/mol. The number of aromatic nitrogens is 1. The fourth-order valence-corrected chi connectivity index (χ4v) is 3.55. The maximum Gasteiger partial charge on any atom is 0.239 e. The van der Waals surface area contributed by atoms with E-state index < -0.39 is 0 Å². The number of likely N-dealkylation sites (tertiary alicyclic amines) is 1. The van der Waals surface area contributed by atoms with Crippen LogP contribution in [0.4, 0.5) is 0 Å². The van der Waals surface area contributed by atoms with Crippen molar-refractivity contribution >= 4 is 29.2 Å². The summed E-state index contributed by atoms with van der Waals surface area (Å²) in [5, 5.41) is 1.31. The van der Waals surface area contributed by atoms with Gasteiger partial charge >= 0.3 is 0 Å². The van der Waals surface area contributed by atoms with Gasteiger partial charge in [0.15, 0.2) is 0 Å². The lowest BCUT2D eigenvalue weighted by molar-refractivity contribution is -0.134. The lowest BCUT2D eigenvalue weighted by Crippen LogP contribution is -2.49. The molecule has 2 aromatic rings. The summed E-state index contributed by atoms with van der Waals surface area (Å²) in [6.07, 6.45) is 5.11.